The number of nitrogens with one attached hydrogen (secondary N) is 1. The van der Waals surface area contributed by atoms with Crippen LogP contribution in [-0.2, 0) is 10.8 Å². The minimum Gasteiger partial charge on any atom is -0.368 e. The van der Waals surface area contributed by atoms with Crippen molar-refractivity contribution in [3.8, 4) is 0 Å². The lowest BCUT2D eigenvalue weighted by atomic mass is 10.3. The molecule has 4 nitrogen and oxygen atoms in total. The topological polar surface area (TPSA) is 54.9 Å². The summed E-state index contributed by atoms with van der Waals surface area (Å²) < 4.78 is 12.4. The maximum Gasteiger partial charge on any atom is 0.147 e. The number of thiophene rings is 1. The van der Waals surface area contributed by atoms with E-state index in [1.54, 1.807) is 17.7 Å². The molecule has 2 aromatic heterocycles. The van der Waals surface area contributed by atoms with E-state index in [4.69, 9.17) is 0 Å². The van der Waals surface area contributed by atoms with Gasteiger partial charge in [0, 0.05) is 28.9 Å². The van der Waals surface area contributed by atoms with Gasteiger partial charge in [-0.3, -0.25) is 4.21 Å². The second kappa shape index (κ2) is 5.55. The van der Waals surface area contributed by atoms with Gasteiger partial charge in [-0.05, 0) is 17.9 Å². The number of hydrogen-bond donors (Lipinski definition) is 1. The molecule has 0 spiro atoms. The first-order valence-corrected chi connectivity index (χ1v) is 7.86. The summed E-state index contributed by atoms with van der Waals surface area (Å²) in [4.78, 5) is 8.49. The number of aryl methyl sites for hydroxylation is 1. The maximum atomic E-state index is 11.3. The van der Waals surface area contributed by atoms with E-state index in [0.717, 1.165) is 16.0 Å². The highest BCUT2D eigenvalue weighted by molar-refractivity contribution is 7.84. The molecular formula is C11H15N3OS2. The Kier molecular flexibility index (Phi) is 4.06. The van der Waals surface area contributed by atoms with Crippen LogP contribution in [0.2, 0.25) is 0 Å². The fourth-order valence-corrected chi connectivity index (χ4v) is 3.11. The zero-order valence-electron chi connectivity index (χ0n) is 9.90. The third-order valence-corrected chi connectivity index (χ3v) is 4.87. The van der Waals surface area contributed by atoms with Crippen molar-refractivity contribution in [2.75, 3.05) is 23.4 Å². The summed E-state index contributed by atoms with van der Waals surface area (Å²) in [6, 6.07) is 0. The van der Waals surface area contributed by atoms with Gasteiger partial charge in [-0.15, -0.1) is 11.3 Å². The molecule has 2 rings (SSSR count). The Hall–Kier alpha value is -1.01. The minimum atomic E-state index is -0.732. The quantitative estimate of drug-likeness (QED) is 0.904. The van der Waals surface area contributed by atoms with Crippen molar-refractivity contribution < 1.29 is 4.21 Å². The molecule has 6 heteroatoms. The van der Waals surface area contributed by atoms with Crippen molar-refractivity contribution >= 4 is 38.2 Å². The van der Waals surface area contributed by atoms with Gasteiger partial charge in [-0.25, -0.2) is 9.97 Å². The molecule has 0 aliphatic rings. The van der Waals surface area contributed by atoms with Gasteiger partial charge in [-0.2, -0.15) is 0 Å². The number of fused-ring (bicyclic) bond motifs is 1. The largest absolute Gasteiger partial charge is 0.368 e. The van der Waals surface area contributed by atoms with Crippen molar-refractivity contribution in [1.29, 1.82) is 0 Å². The van der Waals surface area contributed by atoms with Crippen LogP contribution >= 0.6 is 11.3 Å². The Bertz CT molecular complexity index is 538. The third-order valence-electron chi connectivity index (χ3n) is 2.48. The molecule has 1 atom stereocenters. The van der Waals surface area contributed by atoms with Crippen LogP contribution in [-0.4, -0.2) is 32.2 Å². The Balaban J connectivity index is 2.11. The smallest absolute Gasteiger partial charge is 0.147 e. The molecule has 0 aliphatic carbocycles. The second-order valence-electron chi connectivity index (χ2n) is 3.68. The van der Waals surface area contributed by atoms with Gasteiger partial charge in [0.15, 0.2) is 0 Å². The van der Waals surface area contributed by atoms with Crippen molar-refractivity contribution in [3.05, 3.63) is 17.3 Å². The molecule has 1 N–H and O–H groups in total. The summed E-state index contributed by atoms with van der Waals surface area (Å²) in [6.45, 7) is 4.66. The summed E-state index contributed by atoms with van der Waals surface area (Å²) in [7, 11) is -0.732. The standard InChI is InChI=1S/C11H15N3OS2/c1-3-17(15)5-4-12-11-10-9(13-7-14-11)8(2)6-16-10/h6-7H,3-5H2,1-2H3,(H,12,13,14). The molecule has 92 valence electrons. The lowest BCUT2D eigenvalue weighted by Gasteiger charge is -2.05. The second-order valence-corrected chi connectivity index (χ2v) is 6.42. The summed E-state index contributed by atoms with van der Waals surface area (Å²) >= 11 is 1.64. The van der Waals surface area contributed by atoms with Gasteiger partial charge >= 0.3 is 0 Å². The van der Waals surface area contributed by atoms with Gasteiger partial charge in [-0.1, -0.05) is 6.92 Å². The monoisotopic (exact) mass is 269 g/mol. The van der Waals surface area contributed by atoms with Crippen molar-refractivity contribution in [2.24, 2.45) is 0 Å². The van der Waals surface area contributed by atoms with E-state index < -0.39 is 10.8 Å². The molecule has 0 aliphatic heterocycles. The predicted molar refractivity (Wildman–Crippen MR) is 74.2 cm³/mol. The predicted octanol–water partition coefficient (Wildman–Crippen LogP) is 2.18. The molecule has 0 saturated heterocycles. The molecule has 1 unspecified atom stereocenters. The average molecular weight is 269 g/mol. The highest BCUT2D eigenvalue weighted by atomic mass is 32.2. The van der Waals surface area contributed by atoms with Crippen LogP contribution in [0.1, 0.15) is 12.5 Å². The van der Waals surface area contributed by atoms with Gasteiger partial charge in [0.05, 0.1) is 10.2 Å². The fraction of sp³-hybridized carbons (Fsp3) is 0.455. The van der Waals surface area contributed by atoms with E-state index in [1.165, 1.54) is 5.56 Å². The normalized spacial score (nSPS) is 12.8. The number of anilines is 1. The number of nitrogens with zero attached hydrogens (tertiary/aromatic N) is 2. The zero-order chi connectivity index (χ0) is 12.3. The number of hydrogen-bond acceptors (Lipinski definition) is 5. The van der Waals surface area contributed by atoms with Gasteiger partial charge in [0.2, 0.25) is 0 Å². The Morgan fingerprint density at radius 3 is 3.06 bits per heavy atom. The highest BCUT2D eigenvalue weighted by Gasteiger charge is 2.07. The Morgan fingerprint density at radius 1 is 1.47 bits per heavy atom. The van der Waals surface area contributed by atoms with Crippen molar-refractivity contribution in [1.82, 2.24) is 9.97 Å². The molecule has 0 saturated carbocycles. The van der Waals surface area contributed by atoms with Crippen molar-refractivity contribution in [3.63, 3.8) is 0 Å². The van der Waals surface area contributed by atoms with E-state index >= 15 is 0 Å². The van der Waals surface area contributed by atoms with Gasteiger partial charge < -0.3 is 5.32 Å². The molecule has 0 aromatic carbocycles. The Morgan fingerprint density at radius 2 is 2.29 bits per heavy atom. The van der Waals surface area contributed by atoms with Crippen LogP contribution in [0, 0.1) is 6.92 Å². The minimum absolute atomic E-state index is 0.659. The molecule has 2 heterocycles. The SMILES string of the molecule is CCS(=O)CCNc1ncnc2c(C)csc12. The van der Waals surface area contributed by atoms with Crippen LogP contribution in [0.25, 0.3) is 10.2 Å². The van der Waals surface area contributed by atoms with Crippen LogP contribution < -0.4 is 5.32 Å². The van der Waals surface area contributed by atoms with E-state index in [0.29, 0.717) is 18.1 Å². The first kappa shape index (κ1) is 12.4. The number of aromatic nitrogens is 2. The van der Waals surface area contributed by atoms with Crippen LogP contribution in [0.4, 0.5) is 5.82 Å². The van der Waals surface area contributed by atoms with Crippen LogP contribution in [0.3, 0.4) is 0 Å². The number of rotatable bonds is 5. The molecule has 0 fully saturated rings. The molecule has 17 heavy (non-hydrogen) atoms. The van der Waals surface area contributed by atoms with E-state index in [9.17, 15) is 4.21 Å². The maximum absolute atomic E-state index is 11.3. The summed E-state index contributed by atoms with van der Waals surface area (Å²) in [5, 5.41) is 5.31. The van der Waals surface area contributed by atoms with E-state index in [2.05, 4.69) is 20.7 Å². The van der Waals surface area contributed by atoms with Crippen LogP contribution in [0.5, 0.6) is 0 Å². The lowest BCUT2D eigenvalue weighted by Crippen LogP contribution is -2.12. The Labute approximate surface area is 107 Å². The molecule has 0 bridgehead atoms. The first-order valence-electron chi connectivity index (χ1n) is 5.50. The van der Waals surface area contributed by atoms with E-state index in [1.807, 2.05) is 13.8 Å². The average Bonchev–Trinajstić information content (AvgIpc) is 2.72. The fourth-order valence-electron chi connectivity index (χ4n) is 1.52. The van der Waals surface area contributed by atoms with Crippen LogP contribution in [0.15, 0.2) is 11.7 Å². The van der Waals surface area contributed by atoms with Gasteiger partial charge in [0.25, 0.3) is 0 Å². The third kappa shape index (κ3) is 2.81. The molecular weight excluding hydrogens is 254 g/mol. The highest BCUT2D eigenvalue weighted by Crippen LogP contribution is 2.28. The lowest BCUT2D eigenvalue weighted by molar-refractivity contribution is 0.684. The molecule has 0 radical (unpaired) electrons. The summed E-state index contributed by atoms with van der Waals surface area (Å²) in [5.41, 5.74) is 2.18. The molecule has 2 aromatic rings. The first-order chi connectivity index (χ1) is 8.22. The van der Waals surface area contributed by atoms with E-state index in [-0.39, 0.29) is 0 Å². The molecule has 0 amide bonds. The van der Waals surface area contributed by atoms with Gasteiger partial charge in [0.1, 0.15) is 12.1 Å². The van der Waals surface area contributed by atoms with Crippen molar-refractivity contribution in [2.45, 2.75) is 13.8 Å². The zero-order valence-corrected chi connectivity index (χ0v) is 11.5. The summed E-state index contributed by atoms with van der Waals surface area (Å²) in [5.74, 6) is 2.21. The summed E-state index contributed by atoms with van der Waals surface area (Å²) in [6.07, 6.45) is 1.57.